The number of hydrogen-bond acceptors (Lipinski definition) is 5. The maximum Gasteiger partial charge on any atom is 0.187 e. The molecule has 1 saturated heterocycles. The van der Waals surface area contributed by atoms with Crippen LogP contribution in [0.1, 0.15) is 29.8 Å². The molecule has 0 unspecified atom stereocenters. The summed E-state index contributed by atoms with van der Waals surface area (Å²) in [5, 5.41) is 3.28. The lowest BCUT2D eigenvalue weighted by atomic mass is 10.1. The highest BCUT2D eigenvalue weighted by molar-refractivity contribution is 5.96. The Labute approximate surface area is 113 Å². The smallest absolute Gasteiger partial charge is 0.187 e. The molecule has 2 heterocycles. The van der Waals surface area contributed by atoms with Crippen LogP contribution in [0.3, 0.4) is 0 Å². The summed E-state index contributed by atoms with van der Waals surface area (Å²) in [5.41, 5.74) is 0.388. The van der Waals surface area contributed by atoms with E-state index in [4.69, 9.17) is 9.47 Å². The molecule has 0 amide bonds. The Morgan fingerprint density at radius 1 is 1.47 bits per heavy atom. The molecule has 1 N–H and O–H groups in total. The zero-order chi connectivity index (χ0) is 13.5. The summed E-state index contributed by atoms with van der Waals surface area (Å²) in [6.45, 7) is 2.43. The number of carbonyl (C=O) groups excluding carboxylic acids is 1. The van der Waals surface area contributed by atoms with Crippen LogP contribution >= 0.6 is 0 Å². The van der Waals surface area contributed by atoms with Crippen LogP contribution in [-0.4, -0.2) is 43.7 Å². The van der Waals surface area contributed by atoms with Crippen LogP contribution in [0.2, 0.25) is 0 Å². The molecule has 5 nitrogen and oxygen atoms in total. The number of ether oxygens (including phenoxy) is 2. The van der Waals surface area contributed by atoms with Gasteiger partial charge in [-0.2, -0.15) is 0 Å². The summed E-state index contributed by atoms with van der Waals surface area (Å²) in [5.74, 6) is 0.487. The number of methoxy groups -OCH3 is 1. The zero-order valence-corrected chi connectivity index (χ0v) is 11.2. The molecule has 104 valence electrons. The molecule has 1 aliphatic rings. The van der Waals surface area contributed by atoms with E-state index in [2.05, 4.69) is 10.3 Å². The van der Waals surface area contributed by atoms with Crippen LogP contribution in [0.25, 0.3) is 0 Å². The third kappa shape index (κ3) is 4.01. The Kier molecular flexibility index (Phi) is 5.30. The molecule has 0 radical (unpaired) electrons. The van der Waals surface area contributed by atoms with Gasteiger partial charge in [0.2, 0.25) is 0 Å². The lowest BCUT2D eigenvalue weighted by Crippen LogP contribution is -2.32. The van der Waals surface area contributed by atoms with Crippen molar-refractivity contribution >= 4 is 5.78 Å². The van der Waals surface area contributed by atoms with Gasteiger partial charge in [-0.1, -0.05) is 0 Å². The highest BCUT2D eigenvalue weighted by atomic mass is 16.5. The van der Waals surface area contributed by atoms with Gasteiger partial charge in [0.05, 0.1) is 19.8 Å². The Morgan fingerprint density at radius 3 is 3.00 bits per heavy atom. The van der Waals surface area contributed by atoms with Crippen molar-refractivity contribution in [3.63, 3.8) is 0 Å². The van der Waals surface area contributed by atoms with Crippen molar-refractivity contribution in [3.05, 3.63) is 24.0 Å². The first-order valence-electron chi connectivity index (χ1n) is 6.66. The maximum atomic E-state index is 12.0. The molecule has 0 spiro atoms. The fourth-order valence-electron chi connectivity index (χ4n) is 2.16. The average molecular weight is 264 g/mol. The van der Waals surface area contributed by atoms with Crippen LogP contribution in [0.4, 0.5) is 0 Å². The Hall–Kier alpha value is -1.46. The molecule has 0 aliphatic carbocycles. The van der Waals surface area contributed by atoms with Crippen LogP contribution in [-0.2, 0) is 4.74 Å². The number of aromatic nitrogens is 1. The van der Waals surface area contributed by atoms with Crippen molar-refractivity contribution in [1.29, 1.82) is 0 Å². The molecule has 0 bridgehead atoms. The predicted molar refractivity (Wildman–Crippen MR) is 71.6 cm³/mol. The van der Waals surface area contributed by atoms with Crippen molar-refractivity contribution in [2.45, 2.75) is 25.4 Å². The second kappa shape index (κ2) is 7.21. The van der Waals surface area contributed by atoms with Gasteiger partial charge in [-0.15, -0.1) is 0 Å². The van der Waals surface area contributed by atoms with Gasteiger partial charge in [-0.3, -0.25) is 4.79 Å². The number of nitrogens with zero attached hydrogens (tertiary/aromatic N) is 1. The third-order valence-corrected chi connectivity index (χ3v) is 3.22. The quantitative estimate of drug-likeness (QED) is 0.788. The number of rotatable bonds is 6. The first kappa shape index (κ1) is 14.0. The first-order chi connectivity index (χ1) is 9.31. The number of Topliss-reactive ketones (excluding diaryl/α,β-unsaturated/α-hetero) is 1. The average Bonchev–Trinajstić information content (AvgIpc) is 2.48. The highest BCUT2D eigenvalue weighted by Gasteiger charge is 2.16. The first-order valence-corrected chi connectivity index (χ1v) is 6.66. The number of hydrogen-bond donors (Lipinski definition) is 1. The van der Waals surface area contributed by atoms with E-state index in [0.717, 1.165) is 25.9 Å². The van der Waals surface area contributed by atoms with Gasteiger partial charge in [-0.05, 0) is 38.1 Å². The topological polar surface area (TPSA) is 60.5 Å². The monoisotopic (exact) mass is 264 g/mol. The fraction of sp³-hybridized carbons (Fsp3) is 0.571. The molecule has 0 aromatic carbocycles. The van der Waals surface area contributed by atoms with Gasteiger partial charge < -0.3 is 14.8 Å². The zero-order valence-electron chi connectivity index (χ0n) is 11.2. The summed E-state index contributed by atoms with van der Waals surface area (Å²) >= 11 is 0. The Bertz CT molecular complexity index is 417. The van der Waals surface area contributed by atoms with Crippen molar-refractivity contribution in [3.8, 4) is 5.75 Å². The van der Waals surface area contributed by atoms with E-state index in [9.17, 15) is 4.79 Å². The summed E-state index contributed by atoms with van der Waals surface area (Å²) < 4.78 is 10.8. The Morgan fingerprint density at radius 2 is 2.26 bits per heavy atom. The van der Waals surface area contributed by atoms with Crippen molar-refractivity contribution in [2.75, 3.05) is 26.8 Å². The molecule has 1 aromatic rings. The van der Waals surface area contributed by atoms with E-state index >= 15 is 0 Å². The minimum atomic E-state index is -0.0358. The molecule has 1 aliphatic heterocycles. The second-order valence-electron chi connectivity index (χ2n) is 4.55. The summed E-state index contributed by atoms with van der Waals surface area (Å²) in [4.78, 5) is 16.1. The summed E-state index contributed by atoms with van der Waals surface area (Å²) in [6, 6.07) is 3.50. The van der Waals surface area contributed by atoms with Gasteiger partial charge in [0.1, 0.15) is 11.4 Å². The maximum absolute atomic E-state index is 12.0. The molecule has 2 rings (SSSR count). The Balaban J connectivity index is 1.80. The molecule has 0 saturated carbocycles. The van der Waals surface area contributed by atoms with E-state index in [1.54, 1.807) is 25.4 Å². The van der Waals surface area contributed by atoms with Crippen molar-refractivity contribution in [2.24, 2.45) is 0 Å². The number of nitrogens with one attached hydrogen (secondary N) is 1. The van der Waals surface area contributed by atoms with E-state index < -0.39 is 0 Å². The molecule has 1 fully saturated rings. The highest BCUT2D eigenvalue weighted by Crippen LogP contribution is 2.16. The molecule has 0 atom stereocenters. The summed E-state index contributed by atoms with van der Waals surface area (Å²) in [7, 11) is 1.54. The second-order valence-corrected chi connectivity index (χ2v) is 4.55. The lowest BCUT2D eigenvalue weighted by Gasteiger charge is -2.22. The van der Waals surface area contributed by atoms with Gasteiger partial charge in [0.15, 0.2) is 5.78 Å². The van der Waals surface area contributed by atoms with E-state index in [-0.39, 0.29) is 11.9 Å². The van der Waals surface area contributed by atoms with E-state index in [1.165, 1.54) is 0 Å². The molecule has 19 heavy (non-hydrogen) atoms. The van der Waals surface area contributed by atoms with Crippen LogP contribution in [0, 0.1) is 0 Å². The standard InChI is InChI=1S/C14H20N2O3/c1-18-13-3-2-7-16-14(13)12(17)6-10-19-11-4-8-15-9-5-11/h2-3,7,11,15H,4-6,8-10H2,1H3. The normalized spacial score (nSPS) is 16.3. The van der Waals surface area contributed by atoms with Gasteiger partial charge >= 0.3 is 0 Å². The number of pyridine rings is 1. The number of piperidine rings is 1. The summed E-state index contributed by atoms with van der Waals surface area (Å²) in [6.07, 6.45) is 4.25. The van der Waals surface area contributed by atoms with Crippen molar-refractivity contribution < 1.29 is 14.3 Å². The van der Waals surface area contributed by atoms with Crippen LogP contribution in [0.5, 0.6) is 5.75 Å². The van der Waals surface area contributed by atoms with Gasteiger partial charge in [0.25, 0.3) is 0 Å². The van der Waals surface area contributed by atoms with E-state index in [1.807, 2.05) is 0 Å². The number of carbonyl (C=O) groups is 1. The van der Waals surface area contributed by atoms with E-state index in [0.29, 0.717) is 24.5 Å². The predicted octanol–water partition coefficient (Wildman–Crippen LogP) is 1.43. The van der Waals surface area contributed by atoms with Crippen molar-refractivity contribution in [1.82, 2.24) is 10.3 Å². The number of ketones is 1. The van der Waals surface area contributed by atoms with Gasteiger partial charge in [0, 0.05) is 12.6 Å². The molecule has 1 aromatic heterocycles. The minimum Gasteiger partial charge on any atom is -0.494 e. The van der Waals surface area contributed by atoms with Crippen LogP contribution < -0.4 is 10.1 Å². The third-order valence-electron chi connectivity index (χ3n) is 3.22. The van der Waals surface area contributed by atoms with Crippen LogP contribution in [0.15, 0.2) is 18.3 Å². The lowest BCUT2D eigenvalue weighted by molar-refractivity contribution is 0.0312. The minimum absolute atomic E-state index is 0.0358. The molecule has 5 heteroatoms. The molecular weight excluding hydrogens is 244 g/mol. The fourth-order valence-corrected chi connectivity index (χ4v) is 2.16. The molecular formula is C14H20N2O3. The largest absolute Gasteiger partial charge is 0.494 e. The SMILES string of the molecule is COc1cccnc1C(=O)CCOC1CCNCC1. The van der Waals surface area contributed by atoms with Gasteiger partial charge in [-0.25, -0.2) is 4.98 Å².